The van der Waals surface area contributed by atoms with Gasteiger partial charge in [0.15, 0.2) is 0 Å². The Kier molecular flexibility index (Phi) is 3.67. The van der Waals surface area contributed by atoms with Crippen molar-refractivity contribution in [2.45, 2.75) is 12.5 Å². The lowest BCUT2D eigenvalue weighted by molar-refractivity contribution is -0.151. The zero-order valence-corrected chi connectivity index (χ0v) is 12.8. The highest BCUT2D eigenvalue weighted by Gasteiger charge is 2.43. The molecule has 1 unspecified atom stereocenters. The first-order valence-electron chi connectivity index (χ1n) is 7.91. The number of H-pyrrole nitrogens is 1. The molecular weight excluding hydrogens is 297 g/mol. The van der Waals surface area contributed by atoms with Crippen LogP contribution in [0, 0.1) is 11.2 Å². The molecule has 0 saturated carbocycles. The molecule has 2 N–H and O–H groups in total. The Balaban J connectivity index is 1.68. The van der Waals surface area contributed by atoms with Crippen LogP contribution in [0.5, 0.6) is 0 Å². The van der Waals surface area contributed by atoms with E-state index >= 15 is 0 Å². The highest BCUT2D eigenvalue weighted by Crippen LogP contribution is 2.37. The van der Waals surface area contributed by atoms with E-state index in [1.807, 2.05) is 12.1 Å². The summed E-state index contributed by atoms with van der Waals surface area (Å²) in [6.07, 6.45) is 2.62. The third-order valence-electron chi connectivity index (χ3n) is 4.90. The molecule has 23 heavy (non-hydrogen) atoms. The van der Waals surface area contributed by atoms with Crippen molar-refractivity contribution in [1.82, 2.24) is 14.9 Å². The van der Waals surface area contributed by atoms with Crippen molar-refractivity contribution in [2.75, 3.05) is 32.9 Å². The van der Waals surface area contributed by atoms with Gasteiger partial charge in [-0.05, 0) is 17.7 Å². The van der Waals surface area contributed by atoms with Crippen LogP contribution in [0.4, 0.5) is 4.39 Å². The monoisotopic (exact) mass is 317 g/mol. The Morgan fingerprint density at radius 3 is 2.78 bits per heavy atom. The molecule has 1 aromatic carbocycles. The van der Waals surface area contributed by atoms with E-state index in [1.54, 1.807) is 6.33 Å². The molecule has 1 fully saturated rings. The van der Waals surface area contributed by atoms with Crippen LogP contribution in [0.25, 0.3) is 0 Å². The van der Waals surface area contributed by atoms with Gasteiger partial charge in [-0.25, -0.2) is 9.37 Å². The van der Waals surface area contributed by atoms with E-state index in [0.717, 1.165) is 36.5 Å². The summed E-state index contributed by atoms with van der Waals surface area (Å²) in [6, 6.07) is 6.60. The zero-order valence-electron chi connectivity index (χ0n) is 12.8. The number of ether oxygens (including phenoxy) is 1. The molecule has 1 saturated heterocycles. The number of nitrogens with one attached hydrogen (secondary N) is 1. The minimum Gasteiger partial charge on any atom is -0.396 e. The number of aromatic amines is 1. The molecule has 2 aromatic rings. The second-order valence-electron chi connectivity index (χ2n) is 6.59. The number of aliphatic hydroxyl groups is 1. The minimum absolute atomic E-state index is 0.0189. The normalized spacial score (nSPS) is 23.3. The van der Waals surface area contributed by atoms with E-state index in [9.17, 15) is 9.50 Å². The smallest absolute Gasteiger partial charge is 0.123 e. The molecule has 1 atom stereocenters. The lowest BCUT2D eigenvalue weighted by atomic mass is 9.84. The maximum absolute atomic E-state index is 13.3. The molecule has 3 heterocycles. The van der Waals surface area contributed by atoms with Crippen LogP contribution in [0.1, 0.15) is 23.0 Å². The molecule has 0 bridgehead atoms. The number of imidazole rings is 1. The first-order valence-corrected chi connectivity index (χ1v) is 7.91. The average molecular weight is 317 g/mol. The fourth-order valence-corrected chi connectivity index (χ4v) is 3.56. The lowest BCUT2D eigenvalue weighted by Crippen LogP contribution is -2.55. The zero-order chi connectivity index (χ0) is 15.9. The van der Waals surface area contributed by atoms with Crippen LogP contribution >= 0.6 is 0 Å². The molecule has 0 amide bonds. The van der Waals surface area contributed by atoms with Gasteiger partial charge in [0.25, 0.3) is 0 Å². The van der Waals surface area contributed by atoms with Crippen LogP contribution in [-0.2, 0) is 11.2 Å². The first-order chi connectivity index (χ1) is 11.2. The van der Waals surface area contributed by atoms with Gasteiger partial charge in [-0.2, -0.15) is 0 Å². The van der Waals surface area contributed by atoms with Gasteiger partial charge in [0, 0.05) is 25.2 Å². The van der Waals surface area contributed by atoms with E-state index in [-0.39, 0.29) is 23.9 Å². The van der Waals surface area contributed by atoms with Crippen molar-refractivity contribution in [3.05, 3.63) is 53.4 Å². The number of aromatic nitrogens is 2. The number of halogens is 1. The van der Waals surface area contributed by atoms with Gasteiger partial charge >= 0.3 is 0 Å². The van der Waals surface area contributed by atoms with Crippen molar-refractivity contribution in [2.24, 2.45) is 5.41 Å². The van der Waals surface area contributed by atoms with E-state index in [0.29, 0.717) is 13.2 Å². The number of hydrogen-bond donors (Lipinski definition) is 2. The number of hydrogen-bond acceptors (Lipinski definition) is 4. The maximum atomic E-state index is 13.3. The van der Waals surface area contributed by atoms with Crippen molar-refractivity contribution in [1.29, 1.82) is 0 Å². The van der Waals surface area contributed by atoms with Crippen LogP contribution in [0.15, 0.2) is 30.6 Å². The fraction of sp³-hybridized carbons (Fsp3) is 0.471. The van der Waals surface area contributed by atoms with E-state index in [1.165, 1.54) is 12.1 Å². The third kappa shape index (κ3) is 2.56. The summed E-state index contributed by atoms with van der Waals surface area (Å²) in [6.45, 7) is 2.91. The summed E-state index contributed by atoms with van der Waals surface area (Å²) in [7, 11) is 0. The quantitative estimate of drug-likeness (QED) is 0.897. The van der Waals surface area contributed by atoms with Gasteiger partial charge in [-0.1, -0.05) is 12.1 Å². The highest BCUT2D eigenvalue weighted by atomic mass is 19.1. The average Bonchev–Trinajstić information content (AvgIpc) is 3.00. The highest BCUT2D eigenvalue weighted by molar-refractivity contribution is 5.33. The van der Waals surface area contributed by atoms with Gasteiger partial charge in [0.1, 0.15) is 5.82 Å². The predicted molar refractivity (Wildman–Crippen MR) is 82.4 cm³/mol. The topological polar surface area (TPSA) is 61.4 Å². The SMILES string of the molecule is OCC1(CN2CCc3[nH]cnc3C2c2ccc(F)cc2)COC1. The molecule has 5 nitrogen and oxygen atoms in total. The molecular formula is C17H20FN3O2. The molecule has 0 aliphatic carbocycles. The van der Waals surface area contributed by atoms with Crippen LogP contribution < -0.4 is 0 Å². The predicted octanol–water partition coefficient (Wildman–Crippen LogP) is 1.51. The Bertz CT molecular complexity index is 676. The van der Waals surface area contributed by atoms with Crippen LogP contribution in [0.2, 0.25) is 0 Å². The Morgan fingerprint density at radius 1 is 1.35 bits per heavy atom. The molecule has 0 radical (unpaired) electrons. The minimum atomic E-state index is -0.238. The van der Waals surface area contributed by atoms with Gasteiger partial charge in [-0.3, -0.25) is 4.90 Å². The maximum Gasteiger partial charge on any atom is 0.123 e. The molecule has 4 rings (SSSR count). The van der Waals surface area contributed by atoms with Gasteiger partial charge in [-0.15, -0.1) is 0 Å². The van der Waals surface area contributed by atoms with Crippen molar-refractivity contribution < 1.29 is 14.2 Å². The number of nitrogens with zero attached hydrogens (tertiary/aromatic N) is 2. The number of rotatable bonds is 4. The molecule has 1 aromatic heterocycles. The van der Waals surface area contributed by atoms with Crippen LogP contribution in [0.3, 0.4) is 0 Å². The second kappa shape index (κ2) is 5.70. The molecule has 0 spiro atoms. The Labute approximate surface area is 134 Å². The molecule has 2 aliphatic heterocycles. The summed E-state index contributed by atoms with van der Waals surface area (Å²) < 4.78 is 18.6. The van der Waals surface area contributed by atoms with Crippen molar-refractivity contribution in [3.63, 3.8) is 0 Å². The Hall–Kier alpha value is -1.76. The third-order valence-corrected chi connectivity index (χ3v) is 4.90. The first kappa shape index (κ1) is 14.8. The summed E-state index contributed by atoms with van der Waals surface area (Å²) in [4.78, 5) is 10.0. The van der Waals surface area contributed by atoms with Crippen LogP contribution in [-0.4, -0.2) is 52.9 Å². The molecule has 122 valence electrons. The number of fused-ring (bicyclic) bond motifs is 1. The summed E-state index contributed by atoms with van der Waals surface area (Å²) in [5.74, 6) is -0.238. The molecule has 6 heteroatoms. The molecule has 2 aliphatic rings. The van der Waals surface area contributed by atoms with E-state index in [4.69, 9.17) is 4.74 Å². The fourth-order valence-electron chi connectivity index (χ4n) is 3.56. The number of aliphatic hydroxyl groups excluding tert-OH is 1. The number of benzene rings is 1. The lowest BCUT2D eigenvalue weighted by Gasteiger charge is -2.46. The summed E-state index contributed by atoms with van der Waals surface area (Å²) in [5.41, 5.74) is 2.97. The van der Waals surface area contributed by atoms with Gasteiger partial charge < -0.3 is 14.8 Å². The van der Waals surface area contributed by atoms with Crippen molar-refractivity contribution >= 4 is 0 Å². The largest absolute Gasteiger partial charge is 0.396 e. The van der Waals surface area contributed by atoms with Crippen molar-refractivity contribution in [3.8, 4) is 0 Å². The van der Waals surface area contributed by atoms with Gasteiger partial charge in [0.2, 0.25) is 0 Å². The van der Waals surface area contributed by atoms with E-state index < -0.39 is 0 Å². The van der Waals surface area contributed by atoms with Gasteiger partial charge in [0.05, 0.1) is 43.3 Å². The second-order valence-corrected chi connectivity index (χ2v) is 6.59. The summed E-state index contributed by atoms with van der Waals surface area (Å²) in [5, 5.41) is 9.74. The van der Waals surface area contributed by atoms with E-state index in [2.05, 4.69) is 14.9 Å². The standard InChI is InChI=1S/C17H20FN3O2/c18-13-3-1-12(2-4-13)16-15-14(19-11-20-15)5-6-21(16)7-17(8-22)9-23-10-17/h1-4,11,16,22H,5-10H2,(H,19,20). The Morgan fingerprint density at radius 2 is 2.13 bits per heavy atom. The summed E-state index contributed by atoms with van der Waals surface area (Å²) >= 11 is 0.